The summed E-state index contributed by atoms with van der Waals surface area (Å²) < 4.78 is 10.0. The second kappa shape index (κ2) is 9.39. The molecule has 0 aromatic rings. The standard InChI is InChI=1S/C15H28N2O4/c1-7-12(9-8-10-20-6)17-13(18)11(2)16-14(19)21-15(3,4)5/h8-9,11-12H,7,10H2,1-6H3,(H,16,19)(H,17,18). The molecular formula is C15H28N2O4. The maximum Gasteiger partial charge on any atom is 0.408 e. The van der Waals surface area contributed by atoms with Gasteiger partial charge in [-0.05, 0) is 34.1 Å². The molecule has 0 aromatic heterocycles. The van der Waals surface area contributed by atoms with Crippen molar-refractivity contribution >= 4 is 12.0 Å². The second-order valence-corrected chi connectivity index (χ2v) is 5.77. The largest absolute Gasteiger partial charge is 0.444 e. The minimum atomic E-state index is -0.662. The van der Waals surface area contributed by atoms with E-state index in [1.807, 2.05) is 19.1 Å². The van der Waals surface area contributed by atoms with Crippen LogP contribution < -0.4 is 10.6 Å². The van der Waals surface area contributed by atoms with Crippen LogP contribution in [0.4, 0.5) is 4.79 Å². The molecule has 2 atom stereocenters. The van der Waals surface area contributed by atoms with Crippen LogP contribution in [-0.2, 0) is 14.3 Å². The van der Waals surface area contributed by atoms with Gasteiger partial charge in [-0.3, -0.25) is 4.79 Å². The van der Waals surface area contributed by atoms with E-state index >= 15 is 0 Å². The molecule has 0 heterocycles. The number of carbonyl (C=O) groups is 2. The van der Waals surface area contributed by atoms with E-state index in [0.29, 0.717) is 6.61 Å². The lowest BCUT2D eigenvalue weighted by Gasteiger charge is -2.22. The highest BCUT2D eigenvalue weighted by Crippen LogP contribution is 2.06. The molecular weight excluding hydrogens is 272 g/mol. The molecule has 0 spiro atoms. The molecule has 0 aliphatic heterocycles. The van der Waals surface area contributed by atoms with E-state index in [0.717, 1.165) is 6.42 Å². The van der Waals surface area contributed by atoms with Crippen LogP contribution in [0.25, 0.3) is 0 Å². The summed E-state index contributed by atoms with van der Waals surface area (Å²) in [4.78, 5) is 23.6. The van der Waals surface area contributed by atoms with Gasteiger partial charge in [-0.15, -0.1) is 0 Å². The molecule has 0 aromatic carbocycles. The van der Waals surface area contributed by atoms with Crippen LogP contribution in [0.15, 0.2) is 12.2 Å². The SMILES string of the molecule is CCC(C=CCOC)NC(=O)C(C)NC(=O)OC(C)(C)C. The first-order chi connectivity index (χ1) is 9.69. The number of hydrogen-bond donors (Lipinski definition) is 2. The van der Waals surface area contributed by atoms with Crippen LogP contribution in [0.3, 0.4) is 0 Å². The Labute approximate surface area is 127 Å². The van der Waals surface area contributed by atoms with Gasteiger partial charge in [-0.2, -0.15) is 0 Å². The number of alkyl carbamates (subject to hydrolysis) is 1. The molecule has 0 bridgehead atoms. The monoisotopic (exact) mass is 300 g/mol. The van der Waals surface area contributed by atoms with Crippen LogP contribution >= 0.6 is 0 Å². The third-order valence-electron chi connectivity index (χ3n) is 2.53. The van der Waals surface area contributed by atoms with E-state index in [1.54, 1.807) is 34.8 Å². The lowest BCUT2D eigenvalue weighted by atomic mass is 10.2. The number of nitrogens with one attached hydrogen (secondary N) is 2. The predicted octanol–water partition coefficient (Wildman–Crippen LogP) is 2.00. The maximum absolute atomic E-state index is 12.0. The van der Waals surface area contributed by atoms with Gasteiger partial charge in [0.15, 0.2) is 0 Å². The Morgan fingerprint density at radius 3 is 2.33 bits per heavy atom. The first kappa shape index (κ1) is 19.4. The number of methoxy groups -OCH3 is 1. The molecule has 0 aliphatic rings. The molecule has 0 saturated heterocycles. The molecule has 0 saturated carbocycles. The van der Waals surface area contributed by atoms with Gasteiger partial charge in [-0.25, -0.2) is 4.79 Å². The number of carbonyl (C=O) groups excluding carboxylic acids is 2. The lowest BCUT2D eigenvalue weighted by Crippen LogP contribution is -2.48. The highest BCUT2D eigenvalue weighted by Gasteiger charge is 2.21. The van der Waals surface area contributed by atoms with Crippen LogP contribution in [0, 0.1) is 0 Å². The van der Waals surface area contributed by atoms with E-state index < -0.39 is 17.7 Å². The lowest BCUT2D eigenvalue weighted by molar-refractivity contribution is -0.123. The normalized spacial score (nSPS) is 14.6. The Morgan fingerprint density at radius 2 is 1.86 bits per heavy atom. The quantitative estimate of drug-likeness (QED) is 0.705. The van der Waals surface area contributed by atoms with E-state index in [1.165, 1.54) is 0 Å². The Morgan fingerprint density at radius 1 is 1.24 bits per heavy atom. The van der Waals surface area contributed by atoms with Crippen molar-refractivity contribution in [1.82, 2.24) is 10.6 Å². The molecule has 0 rings (SSSR count). The number of rotatable bonds is 7. The van der Waals surface area contributed by atoms with Crippen molar-refractivity contribution in [2.45, 2.75) is 58.7 Å². The topological polar surface area (TPSA) is 76.7 Å². The fourth-order valence-corrected chi connectivity index (χ4v) is 1.46. The van der Waals surface area contributed by atoms with E-state index in [2.05, 4.69) is 10.6 Å². The summed E-state index contributed by atoms with van der Waals surface area (Å²) in [5.41, 5.74) is -0.588. The minimum absolute atomic E-state index is 0.0875. The van der Waals surface area contributed by atoms with Crippen LogP contribution in [0.1, 0.15) is 41.0 Å². The first-order valence-corrected chi connectivity index (χ1v) is 7.15. The minimum Gasteiger partial charge on any atom is -0.444 e. The smallest absolute Gasteiger partial charge is 0.408 e. The zero-order valence-corrected chi connectivity index (χ0v) is 13.9. The predicted molar refractivity (Wildman–Crippen MR) is 82.1 cm³/mol. The summed E-state index contributed by atoms with van der Waals surface area (Å²) in [5.74, 6) is -0.255. The number of ether oxygens (including phenoxy) is 2. The van der Waals surface area contributed by atoms with Crippen LogP contribution in [-0.4, -0.2) is 43.4 Å². The molecule has 2 N–H and O–H groups in total. The van der Waals surface area contributed by atoms with Gasteiger partial charge in [0.2, 0.25) is 5.91 Å². The van der Waals surface area contributed by atoms with Gasteiger partial charge >= 0.3 is 6.09 Å². The zero-order chi connectivity index (χ0) is 16.5. The summed E-state index contributed by atoms with van der Waals surface area (Å²) in [6.07, 6.45) is 3.88. The number of amides is 2. The van der Waals surface area contributed by atoms with Gasteiger partial charge < -0.3 is 20.1 Å². The van der Waals surface area contributed by atoms with Crippen molar-refractivity contribution in [1.29, 1.82) is 0 Å². The fourth-order valence-electron chi connectivity index (χ4n) is 1.46. The molecule has 0 radical (unpaired) electrons. The first-order valence-electron chi connectivity index (χ1n) is 7.15. The van der Waals surface area contributed by atoms with Crippen molar-refractivity contribution in [2.24, 2.45) is 0 Å². The van der Waals surface area contributed by atoms with Crippen molar-refractivity contribution in [3.63, 3.8) is 0 Å². The fraction of sp³-hybridized carbons (Fsp3) is 0.733. The van der Waals surface area contributed by atoms with E-state index in [-0.39, 0.29) is 11.9 Å². The molecule has 122 valence electrons. The molecule has 21 heavy (non-hydrogen) atoms. The summed E-state index contributed by atoms with van der Waals surface area (Å²) in [6, 6.07) is -0.750. The van der Waals surface area contributed by atoms with Crippen molar-refractivity contribution < 1.29 is 19.1 Å². The Balaban J connectivity index is 4.33. The summed E-state index contributed by atoms with van der Waals surface area (Å²) >= 11 is 0. The van der Waals surface area contributed by atoms with Gasteiger partial charge in [0.1, 0.15) is 11.6 Å². The average Bonchev–Trinajstić information content (AvgIpc) is 2.35. The third-order valence-corrected chi connectivity index (χ3v) is 2.53. The second-order valence-electron chi connectivity index (χ2n) is 5.77. The molecule has 2 amide bonds. The van der Waals surface area contributed by atoms with Gasteiger partial charge in [-0.1, -0.05) is 19.1 Å². The highest BCUT2D eigenvalue weighted by atomic mass is 16.6. The van der Waals surface area contributed by atoms with Gasteiger partial charge in [0, 0.05) is 13.2 Å². The summed E-state index contributed by atoms with van der Waals surface area (Å²) in [6.45, 7) is 9.39. The van der Waals surface area contributed by atoms with Crippen molar-refractivity contribution in [3.05, 3.63) is 12.2 Å². The summed E-state index contributed by atoms with van der Waals surface area (Å²) in [5, 5.41) is 5.35. The molecule has 6 nitrogen and oxygen atoms in total. The Bertz CT molecular complexity index is 361. The third kappa shape index (κ3) is 9.90. The highest BCUT2D eigenvalue weighted by molar-refractivity contribution is 5.85. The van der Waals surface area contributed by atoms with Crippen LogP contribution in [0.5, 0.6) is 0 Å². The molecule has 6 heteroatoms. The van der Waals surface area contributed by atoms with E-state index in [9.17, 15) is 9.59 Å². The number of hydrogen-bond acceptors (Lipinski definition) is 4. The Kier molecular flexibility index (Phi) is 8.69. The van der Waals surface area contributed by atoms with Crippen LogP contribution in [0.2, 0.25) is 0 Å². The molecule has 0 fully saturated rings. The van der Waals surface area contributed by atoms with E-state index in [4.69, 9.17) is 9.47 Å². The maximum atomic E-state index is 12.0. The molecule has 0 aliphatic carbocycles. The molecule has 2 unspecified atom stereocenters. The van der Waals surface area contributed by atoms with Crippen molar-refractivity contribution in [2.75, 3.05) is 13.7 Å². The average molecular weight is 300 g/mol. The van der Waals surface area contributed by atoms with Gasteiger partial charge in [0.25, 0.3) is 0 Å². The summed E-state index contributed by atoms with van der Waals surface area (Å²) in [7, 11) is 1.61. The van der Waals surface area contributed by atoms with Gasteiger partial charge in [0.05, 0.1) is 6.61 Å². The Hall–Kier alpha value is -1.56. The zero-order valence-electron chi connectivity index (χ0n) is 13.9. The van der Waals surface area contributed by atoms with Crippen molar-refractivity contribution in [3.8, 4) is 0 Å².